The standard InChI is InChI=1S/C14H21N3O/c1-18-13-9-12(16-10-17-13)14(15)11-7-5-3-2-4-6-8-11/h7,9-10,14H,2-6,8,15H2,1H3/b11-7+. The number of rotatable bonds is 3. The molecule has 0 aromatic carbocycles. The molecule has 1 aliphatic rings. The summed E-state index contributed by atoms with van der Waals surface area (Å²) < 4.78 is 5.11. The largest absolute Gasteiger partial charge is 0.481 e. The van der Waals surface area contributed by atoms with Crippen LogP contribution >= 0.6 is 0 Å². The molecule has 1 aromatic heterocycles. The molecular formula is C14H21N3O. The topological polar surface area (TPSA) is 61.0 Å². The van der Waals surface area contributed by atoms with Crippen LogP contribution in [0.1, 0.15) is 50.3 Å². The fourth-order valence-corrected chi connectivity index (χ4v) is 2.32. The highest BCUT2D eigenvalue weighted by Gasteiger charge is 2.15. The Morgan fingerprint density at radius 1 is 1.22 bits per heavy atom. The highest BCUT2D eigenvalue weighted by molar-refractivity contribution is 5.25. The first-order valence-electron chi connectivity index (χ1n) is 6.61. The molecule has 0 fully saturated rings. The maximum Gasteiger partial charge on any atom is 0.216 e. The Kier molecular flexibility index (Phi) is 4.70. The van der Waals surface area contributed by atoms with Crippen LogP contribution in [-0.2, 0) is 0 Å². The molecule has 0 saturated heterocycles. The monoisotopic (exact) mass is 247 g/mol. The molecule has 98 valence electrons. The summed E-state index contributed by atoms with van der Waals surface area (Å²) in [7, 11) is 1.60. The summed E-state index contributed by atoms with van der Waals surface area (Å²) in [5.74, 6) is 0.571. The van der Waals surface area contributed by atoms with E-state index in [0.717, 1.165) is 18.5 Å². The molecule has 1 heterocycles. The lowest BCUT2D eigenvalue weighted by Crippen LogP contribution is -2.16. The first kappa shape index (κ1) is 13.0. The normalized spacial score (nSPS) is 21.3. The third-order valence-electron chi connectivity index (χ3n) is 3.42. The van der Waals surface area contributed by atoms with Crippen molar-refractivity contribution in [1.29, 1.82) is 0 Å². The molecule has 0 saturated carbocycles. The van der Waals surface area contributed by atoms with Crippen molar-refractivity contribution in [1.82, 2.24) is 9.97 Å². The number of hydrogen-bond donors (Lipinski definition) is 1. The van der Waals surface area contributed by atoms with E-state index in [-0.39, 0.29) is 6.04 Å². The van der Waals surface area contributed by atoms with Crippen LogP contribution in [0.5, 0.6) is 5.88 Å². The van der Waals surface area contributed by atoms with Crippen molar-refractivity contribution in [2.24, 2.45) is 5.73 Å². The molecule has 18 heavy (non-hydrogen) atoms. The van der Waals surface area contributed by atoms with Crippen LogP contribution in [-0.4, -0.2) is 17.1 Å². The van der Waals surface area contributed by atoms with Crippen LogP contribution in [0.3, 0.4) is 0 Å². The summed E-state index contributed by atoms with van der Waals surface area (Å²) in [6, 6.07) is 1.70. The molecule has 2 rings (SSSR count). The van der Waals surface area contributed by atoms with E-state index in [1.54, 1.807) is 7.11 Å². The van der Waals surface area contributed by atoms with E-state index < -0.39 is 0 Å². The number of nitrogens with zero attached hydrogens (tertiary/aromatic N) is 2. The fourth-order valence-electron chi connectivity index (χ4n) is 2.32. The molecule has 1 atom stereocenters. The highest BCUT2D eigenvalue weighted by atomic mass is 16.5. The summed E-state index contributed by atoms with van der Waals surface area (Å²) in [5, 5.41) is 0. The highest BCUT2D eigenvalue weighted by Crippen LogP contribution is 2.26. The van der Waals surface area contributed by atoms with Gasteiger partial charge in [-0.05, 0) is 25.7 Å². The zero-order valence-electron chi connectivity index (χ0n) is 10.9. The van der Waals surface area contributed by atoms with E-state index in [1.807, 2.05) is 6.07 Å². The lowest BCUT2D eigenvalue weighted by Gasteiger charge is -2.18. The Balaban J connectivity index is 2.15. The number of ether oxygens (including phenoxy) is 1. The Morgan fingerprint density at radius 2 is 2.06 bits per heavy atom. The van der Waals surface area contributed by atoms with E-state index in [0.29, 0.717) is 5.88 Å². The van der Waals surface area contributed by atoms with Crippen LogP contribution in [0.4, 0.5) is 0 Å². The van der Waals surface area contributed by atoms with Gasteiger partial charge < -0.3 is 10.5 Å². The second-order valence-corrected chi connectivity index (χ2v) is 4.69. The average Bonchev–Trinajstić information content (AvgIpc) is 2.38. The Bertz CT molecular complexity index is 417. The quantitative estimate of drug-likeness (QED) is 0.834. The molecule has 1 unspecified atom stereocenters. The van der Waals surface area contributed by atoms with Crippen molar-refractivity contribution >= 4 is 0 Å². The van der Waals surface area contributed by atoms with E-state index in [2.05, 4.69) is 16.0 Å². The van der Waals surface area contributed by atoms with Crippen molar-refractivity contribution in [3.05, 3.63) is 29.7 Å². The van der Waals surface area contributed by atoms with Gasteiger partial charge in [-0.2, -0.15) is 0 Å². The number of aromatic nitrogens is 2. The molecule has 0 amide bonds. The molecule has 0 aliphatic heterocycles. The van der Waals surface area contributed by atoms with Crippen LogP contribution in [0.2, 0.25) is 0 Å². The Hall–Kier alpha value is -1.42. The van der Waals surface area contributed by atoms with Gasteiger partial charge in [0, 0.05) is 6.07 Å². The predicted octanol–water partition coefficient (Wildman–Crippen LogP) is 2.77. The van der Waals surface area contributed by atoms with Gasteiger partial charge in [-0.15, -0.1) is 0 Å². The van der Waals surface area contributed by atoms with Crippen molar-refractivity contribution in [3.63, 3.8) is 0 Å². The van der Waals surface area contributed by atoms with Gasteiger partial charge in [0.2, 0.25) is 5.88 Å². The third-order valence-corrected chi connectivity index (χ3v) is 3.42. The Labute approximate surface area is 108 Å². The van der Waals surface area contributed by atoms with Crippen LogP contribution in [0.25, 0.3) is 0 Å². The smallest absolute Gasteiger partial charge is 0.216 e. The van der Waals surface area contributed by atoms with Gasteiger partial charge in [-0.1, -0.05) is 24.5 Å². The van der Waals surface area contributed by atoms with Gasteiger partial charge in [0.1, 0.15) is 6.33 Å². The molecule has 4 nitrogen and oxygen atoms in total. The van der Waals surface area contributed by atoms with Gasteiger partial charge >= 0.3 is 0 Å². The molecule has 0 bridgehead atoms. The second-order valence-electron chi connectivity index (χ2n) is 4.69. The summed E-state index contributed by atoms with van der Waals surface area (Å²) >= 11 is 0. The van der Waals surface area contributed by atoms with E-state index >= 15 is 0 Å². The van der Waals surface area contributed by atoms with Gasteiger partial charge in [-0.25, -0.2) is 9.97 Å². The summed E-state index contributed by atoms with van der Waals surface area (Å²) in [4.78, 5) is 8.27. The predicted molar refractivity (Wildman–Crippen MR) is 71.3 cm³/mol. The lowest BCUT2D eigenvalue weighted by atomic mass is 9.94. The minimum Gasteiger partial charge on any atom is -0.481 e. The third kappa shape index (κ3) is 3.29. The van der Waals surface area contributed by atoms with Crippen LogP contribution < -0.4 is 10.5 Å². The molecule has 1 aliphatic carbocycles. The van der Waals surface area contributed by atoms with Crippen molar-refractivity contribution < 1.29 is 4.74 Å². The van der Waals surface area contributed by atoms with Gasteiger partial charge in [0.15, 0.2) is 0 Å². The van der Waals surface area contributed by atoms with Gasteiger partial charge in [-0.3, -0.25) is 0 Å². The summed E-state index contributed by atoms with van der Waals surface area (Å²) in [6.07, 6.45) is 11.1. The zero-order valence-corrected chi connectivity index (χ0v) is 10.9. The van der Waals surface area contributed by atoms with Crippen molar-refractivity contribution in [2.75, 3.05) is 7.11 Å². The molecule has 0 spiro atoms. The maximum atomic E-state index is 6.30. The van der Waals surface area contributed by atoms with Crippen LogP contribution in [0, 0.1) is 0 Å². The van der Waals surface area contributed by atoms with Gasteiger partial charge in [0.25, 0.3) is 0 Å². The fraction of sp³-hybridized carbons (Fsp3) is 0.571. The number of hydrogen-bond acceptors (Lipinski definition) is 4. The first-order valence-corrected chi connectivity index (χ1v) is 6.61. The second kappa shape index (κ2) is 6.50. The molecule has 1 aromatic rings. The molecule has 2 N–H and O–H groups in total. The number of allylic oxidation sites excluding steroid dienone is 1. The minimum absolute atomic E-state index is 0.125. The first-order chi connectivity index (χ1) is 8.81. The van der Waals surface area contributed by atoms with Crippen molar-refractivity contribution in [3.8, 4) is 5.88 Å². The lowest BCUT2D eigenvalue weighted by molar-refractivity contribution is 0.395. The van der Waals surface area contributed by atoms with E-state index in [9.17, 15) is 0 Å². The SMILES string of the molecule is COc1cc(C(N)/C2=C/CCCCCC2)ncn1. The van der Waals surface area contributed by atoms with E-state index in [1.165, 1.54) is 37.6 Å². The van der Waals surface area contributed by atoms with Gasteiger partial charge in [0.05, 0.1) is 18.8 Å². The molecule has 4 heteroatoms. The van der Waals surface area contributed by atoms with Crippen LogP contribution in [0.15, 0.2) is 24.0 Å². The summed E-state index contributed by atoms with van der Waals surface area (Å²) in [5.41, 5.74) is 8.44. The number of methoxy groups -OCH3 is 1. The van der Waals surface area contributed by atoms with Crippen molar-refractivity contribution in [2.45, 2.75) is 44.6 Å². The maximum absolute atomic E-state index is 6.30. The Morgan fingerprint density at radius 3 is 2.89 bits per heavy atom. The molecular weight excluding hydrogens is 226 g/mol. The average molecular weight is 247 g/mol. The van der Waals surface area contributed by atoms with E-state index in [4.69, 9.17) is 10.5 Å². The minimum atomic E-state index is -0.125. The number of nitrogens with two attached hydrogens (primary N) is 1. The zero-order chi connectivity index (χ0) is 12.8. The molecule has 0 radical (unpaired) electrons. The summed E-state index contributed by atoms with van der Waals surface area (Å²) in [6.45, 7) is 0.